The SMILES string of the molecule is CCCc1nc(Cn2nnc(C(=O)OC)c2COC)cs1. The summed E-state index contributed by atoms with van der Waals surface area (Å²) in [6.07, 6.45) is 2.04. The quantitative estimate of drug-likeness (QED) is 0.724. The molecule has 0 atom stereocenters. The minimum atomic E-state index is -0.516. The third kappa shape index (κ3) is 3.64. The highest BCUT2D eigenvalue weighted by atomic mass is 32.1. The monoisotopic (exact) mass is 310 g/mol. The Morgan fingerprint density at radius 2 is 2.24 bits per heavy atom. The van der Waals surface area contributed by atoms with Gasteiger partial charge in [-0.1, -0.05) is 12.1 Å². The fraction of sp³-hybridized carbons (Fsp3) is 0.538. The van der Waals surface area contributed by atoms with Crippen LogP contribution in [0.25, 0.3) is 0 Å². The van der Waals surface area contributed by atoms with Crippen molar-refractivity contribution >= 4 is 17.3 Å². The smallest absolute Gasteiger partial charge is 0.360 e. The summed E-state index contributed by atoms with van der Waals surface area (Å²) in [4.78, 5) is 16.2. The lowest BCUT2D eigenvalue weighted by Crippen LogP contribution is -2.11. The van der Waals surface area contributed by atoms with Crippen LogP contribution in [-0.4, -0.2) is 40.2 Å². The van der Waals surface area contributed by atoms with Crippen molar-refractivity contribution in [1.82, 2.24) is 20.0 Å². The van der Waals surface area contributed by atoms with Gasteiger partial charge in [0.05, 0.1) is 36.7 Å². The highest BCUT2D eigenvalue weighted by molar-refractivity contribution is 7.09. The van der Waals surface area contributed by atoms with E-state index in [-0.39, 0.29) is 12.3 Å². The van der Waals surface area contributed by atoms with Crippen molar-refractivity contribution in [3.05, 3.63) is 27.5 Å². The number of hydrogen-bond acceptors (Lipinski definition) is 7. The molecular formula is C13H18N4O3S. The summed E-state index contributed by atoms with van der Waals surface area (Å²) >= 11 is 1.63. The summed E-state index contributed by atoms with van der Waals surface area (Å²) in [7, 11) is 2.87. The van der Waals surface area contributed by atoms with Gasteiger partial charge in [-0.2, -0.15) is 0 Å². The molecule has 2 aromatic rings. The molecule has 0 fully saturated rings. The summed E-state index contributed by atoms with van der Waals surface area (Å²) in [5.74, 6) is -0.516. The molecule has 0 radical (unpaired) electrons. The lowest BCUT2D eigenvalue weighted by atomic mass is 10.3. The predicted octanol–water partition coefficient (Wildman–Crippen LogP) is 1.67. The largest absolute Gasteiger partial charge is 0.464 e. The van der Waals surface area contributed by atoms with Gasteiger partial charge in [0.15, 0.2) is 5.69 Å². The summed E-state index contributed by atoms with van der Waals surface area (Å²) in [5.41, 5.74) is 1.68. The first kappa shape index (κ1) is 15.6. The summed E-state index contributed by atoms with van der Waals surface area (Å²) in [6, 6.07) is 0. The Hall–Kier alpha value is -1.80. The topological polar surface area (TPSA) is 79.1 Å². The van der Waals surface area contributed by atoms with Gasteiger partial charge < -0.3 is 9.47 Å². The minimum Gasteiger partial charge on any atom is -0.464 e. The number of ether oxygens (including phenoxy) is 2. The zero-order valence-electron chi connectivity index (χ0n) is 12.3. The molecule has 114 valence electrons. The van der Waals surface area contributed by atoms with Gasteiger partial charge in [-0.25, -0.2) is 14.5 Å². The molecule has 2 rings (SSSR count). The molecular weight excluding hydrogens is 292 g/mol. The molecule has 0 aliphatic carbocycles. The zero-order chi connectivity index (χ0) is 15.2. The van der Waals surface area contributed by atoms with E-state index in [4.69, 9.17) is 9.47 Å². The van der Waals surface area contributed by atoms with Gasteiger partial charge in [0, 0.05) is 12.5 Å². The highest BCUT2D eigenvalue weighted by Crippen LogP contribution is 2.15. The van der Waals surface area contributed by atoms with Crippen molar-refractivity contribution in [2.75, 3.05) is 14.2 Å². The molecule has 0 amide bonds. The normalized spacial score (nSPS) is 10.8. The second-order valence-corrected chi connectivity index (χ2v) is 5.39. The second kappa shape index (κ2) is 7.28. The van der Waals surface area contributed by atoms with Gasteiger partial charge >= 0.3 is 5.97 Å². The first-order valence-corrected chi connectivity index (χ1v) is 7.50. The van der Waals surface area contributed by atoms with Crippen LogP contribution < -0.4 is 0 Å². The number of aromatic nitrogens is 4. The van der Waals surface area contributed by atoms with Crippen LogP contribution >= 0.6 is 11.3 Å². The van der Waals surface area contributed by atoms with E-state index in [0.29, 0.717) is 12.2 Å². The number of esters is 1. The molecule has 0 saturated carbocycles. The van der Waals surface area contributed by atoms with Gasteiger partial charge in [-0.05, 0) is 12.8 Å². The van der Waals surface area contributed by atoms with E-state index in [2.05, 4.69) is 22.2 Å². The number of carbonyl (C=O) groups excluding carboxylic acids is 1. The molecule has 7 nitrogen and oxygen atoms in total. The molecule has 0 spiro atoms. The number of carbonyl (C=O) groups is 1. The number of aryl methyl sites for hydroxylation is 1. The average Bonchev–Trinajstić information content (AvgIpc) is 3.08. The van der Waals surface area contributed by atoms with E-state index < -0.39 is 5.97 Å². The number of hydrogen-bond donors (Lipinski definition) is 0. The van der Waals surface area contributed by atoms with Crippen LogP contribution in [0.5, 0.6) is 0 Å². The molecule has 0 bridgehead atoms. The maximum Gasteiger partial charge on any atom is 0.360 e. The van der Waals surface area contributed by atoms with Gasteiger partial charge in [0.2, 0.25) is 0 Å². The van der Waals surface area contributed by atoms with E-state index in [1.807, 2.05) is 5.38 Å². The Kier molecular flexibility index (Phi) is 5.40. The van der Waals surface area contributed by atoms with Crippen LogP contribution in [0.3, 0.4) is 0 Å². The Labute approximate surface area is 126 Å². The molecule has 2 heterocycles. The maximum absolute atomic E-state index is 11.7. The van der Waals surface area contributed by atoms with Crippen molar-refractivity contribution in [3.8, 4) is 0 Å². The molecule has 0 aliphatic rings. The van der Waals surface area contributed by atoms with Crippen molar-refractivity contribution in [2.45, 2.75) is 32.9 Å². The molecule has 0 unspecified atom stereocenters. The number of rotatable bonds is 7. The fourth-order valence-electron chi connectivity index (χ4n) is 1.90. The molecule has 0 N–H and O–H groups in total. The van der Waals surface area contributed by atoms with Crippen molar-refractivity contribution in [2.24, 2.45) is 0 Å². The van der Waals surface area contributed by atoms with E-state index >= 15 is 0 Å². The van der Waals surface area contributed by atoms with Crippen LogP contribution in [0, 0.1) is 0 Å². The molecule has 0 saturated heterocycles. The molecule has 8 heteroatoms. The predicted molar refractivity (Wildman–Crippen MR) is 77.3 cm³/mol. The molecule has 0 aromatic carbocycles. The number of nitrogens with zero attached hydrogens (tertiary/aromatic N) is 4. The second-order valence-electron chi connectivity index (χ2n) is 4.45. The van der Waals surface area contributed by atoms with Gasteiger partial charge in [0.1, 0.15) is 0 Å². The zero-order valence-corrected chi connectivity index (χ0v) is 13.1. The van der Waals surface area contributed by atoms with E-state index in [1.54, 1.807) is 23.1 Å². The summed E-state index contributed by atoms with van der Waals surface area (Å²) in [6.45, 7) is 2.82. The van der Waals surface area contributed by atoms with E-state index in [1.165, 1.54) is 7.11 Å². The molecule has 2 aromatic heterocycles. The van der Waals surface area contributed by atoms with Crippen molar-refractivity contribution < 1.29 is 14.3 Å². The Morgan fingerprint density at radius 1 is 1.43 bits per heavy atom. The highest BCUT2D eigenvalue weighted by Gasteiger charge is 2.20. The number of methoxy groups -OCH3 is 2. The van der Waals surface area contributed by atoms with Crippen molar-refractivity contribution in [3.63, 3.8) is 0 Å². The lowest BCUT2D eigenvalue weighted by molar-refractivity contribution is 0.0588. The van der Waals surface area contributed by atoms with Crippen molar-refractivity contribution in [1.29, 1.82) is 0 Å². The molecule has 0 aliphatic heterocycles. The number of thiazole rings is 1. The first-order chi connectivity index (χ1) is 10.2. The first-order valence-electron chi connectivity index (χ1n) is 6.62. The summed E-state index contributed by atoms with van der Waals surface area (Å²) in [5, 5.41) is 11.0. The Bertz CT molecular complexity index is 608. The lowest BCUT2D eigenvalue weighted by Gasteiger charge is -2.05. The van der Waals surface area contributed by atoms with Gasteiger partial charge in [-0.15, -0.1) is 16.4 Å². The standard InChI is InChI=1S/C13H18N4O3S/c1-4-5-11-14-9(8-21-11)6-17-10(7-19-2)12(15-16-17)13(18)20-3/h8H,4-7H2,1-3H3. The van der Waals surface area contributed by atoms with E-state index in [9.17, 15) is 4.79 Å². The maximum atomic E-state index is 11.7. The molecule has 21 heavy (non-hydrogen) atoms. The van der Waals surface area contributed by atoms with Crippen LogP contribution in [0.1, 0.15) is 40.2 Å². The summed E-state index contributed by atoms with van der Waals surface area (Å²) < 4.78 is 11.4. The van der Waals surface area contributed by atoms with Gasteiger partial charge in [-0.3, -0.25) is 0 Å². The third-order valence-corrected chi connectivity index (χ3v) is 3.83. The Morgan fingerprint density at radius 3 is 2.90 bits per heavy atom. The van der Waals surface area contributed by atoms with Crippen LogP contribution in [-0.2, 0) is 29.0 Å². The van der Waals surface area contributed by atoms with Crippen LogP contribution in [0.4, 0.5) is 0 Å². The third-order valence-electron chi connectivity index (χ3n) is 2.87. The Balaban J connectivity index is 2.22. The van der Waals surface area contributed by atoms with E-state index in [0.717, 1.165) is 23.5 Å². The average molecular weight is 310 g/mol. The minimum absolute atomic E-state index is 0.184. The van der Waals surface area contributed by atoms with Crippen LogP contribution in [0.15, 0.2) is 5.38 Å². The fourth-order valence-corrected chi connectivity index (χ4v) is 2.79. The van der Waals surface area contributed by atoms with Gasteiger partial charge in [0.25, 0.3) is 0 Å². The van der Waals surface area contributed by atoms with Crippen LogP contribution in [0.2, 0.25) is 0 Å².